The first-order valence-corrected chi connectivity index (χ1v) is 12.4. The number of nitrogen functional groups attached to an aromatic ring is 2. The fraction of sp³-hybridized carbons (Fsp3) is 0.706. The summed E-state index contributed by atoms with van der Waals surface area (Å²) in [7, 11) is 1.54. The second-order valence-corrected chi connectivity index (χ2v) is 11.6. The summed E-state index contributed by atoms with van der Waals surface area (Å²) in [5, 5.41) is 0. The maximum absolute atomic E-state index is 10.7. The smallest absolute Gasteiger partial charge is 0.224 e. The van der Waals surface area contributed by atoms with Crippen molar-refractivity contribution in [1.29, 1.82) is 0 Å². The fourth-order valence-corrected chi connectivity index (χ4v) is 4.32. The Morgan fingerprint density at radius 1 is 1.27 bits per heavy atom. The lowest BCUT2D eigenvalue weighted by molar-refractivity contribution is -0.0764. The number of anilines is 2. The minimum absolute atomic E-state index is 0.0158. The van der Waals surface area contributed by atoms with Gasteiger partial charge >= 0.3 is 0 Å². The zero-order valence-electron chi connectivity index (χ0n) is 17.6. The van der Waals surface area contributed by atoms with Crippen molar-refractivity contribution in [2.24, 2.45) is 0 Å². The van der Waals surface area contributed by atoms with Crippen LogP contribution in [0.1, 0.15) is 33.9 Å². The highest BCUT2D eigenvalue weighted by atomic mass is 32.5. The van der Waals surface area contributed by atoms with Gasteiger partial charge in [-0.05, 0) is 25.7 Å². The molecule has 0 aliphatic carbocycles. The fourth-order valence-electron chi connectivity index (χ4n) is 3.17. The van der Waals surface area contributed by atoms with Crippen LogP contribution in [0.25, 0.3) is 11.2 Å². The Hall–Kier alpha value is -1.40. The molecule has 30 heavy (non-hydrogen) atoms. The zero-order chi connectivity index (χ0) is 22.2. The van der Waals surface area contributed by atoms with E-state index in [2.05, 4.69) is 15.0 Å². The molecule has 0 bridgehead atoms. The van der Waals surface area contributed by atoms with Crippen LogP contribution in [0.3, 0.4) is 0 Å². The third-order valence-corrected chi connectivity index (χ3v) is 8.19. The molecule has 11 nitrogen and oxygen atoms in total. The number of aromatic nitrogens is 4. The minimum atomic E-state index is -3.09. The molecule has 2 aromatic rings. The number of imidazole rings is 1. The van der Waals surface area contributed by atoms with E-state index in [1.807, 2.05) is 27.7 Å². The van der Waals surface area contributed by atoms with E-state index >= 15 is 0 Å². The predicted molar refractivity (Wildman–Crippen MR) is 116 cm³/mol. The molecule has 168 valence electrons. The van der Waals surface area contributed by atoms with Gasteiger partial charge in [0.2, 0.25) is 5.95 Å². The van der Waals surface area contributed by atoms with Crippen LogP contribution in [-0.4, -0.2) is 68.2 Å². The monoisotopic (exact) mass is 460 g/mol. The number of methoxy groups -OCH3 is 1. The van der Waals surface area contributed by atoms with Crippen LogP contribution in [0, 0.1) is 0 Å². The van der Waals surface area contributed by atoms with Gasteiger partial charge in [0.25, 0.3) is 0 Å². The van der Waals surface area contributed by atoms with Crippen molar-refractivity contribution in [2.75, 3.05) is 25.2 Å². The van der Waals surface area contributed by atoms with E-state index in [0.29, 0.717) is 11.2 Å². The summed E-state index contributed by atoms with van der Waals surface area (Å²) >= 11 is 5.36. The first kappa shape index (κ1) is 23.3. The molecule has 0 saturated carbocycles. The molecule has 1 aliphatic heterocycles. The summed E-state index contributed by atoms with van der Waals surface area (Å²) in [5.41, 5.74) is 12.3. The van der Waals surface area contributed by atoms with E-state index in [1.54, 1.807) is 4.57 Å². The molecule has 3 heterocycles. The van der Waals surface area contributed by atoms with E-state index in [0.717, 1.165) is 0 Å². The highest BCUT2D eigenvalue weighted by molar-refractivity contribution is 8.09. The molecule has 1 aliphatic rings. The predicted octanol–water partition coefficient (Wildman–Crippen LogP) is 1.42. The van der Waals surface area contributed by atoms with Crippen LogP contribution in [0.2, 0.25) is 0 Å². The van der Waals surface area contributed by atoms with E-state index in [-0.39, 0.29) is 30.1 Å². The molecule has 0 radical (unpaired) electrons. The van der Waals surface area contributed by atoms with E-state index in [1.165, 1.54) is 13.4 Å². The van der Waals surface area contributed by atoms with Gasteiger partial charge in [0.05, 0.1) is 19.0 Å². The number of fused-ring (bicyclic) bond motifs is 1. The Kier molecular flexibility index (Phi) is 6.97. The first-order chi connectivity index (χ1) is 14.0. The molecule has 2 aromatic heterocycles. The molecule has 2 unspecified atom stereocenters. The number of hydrogen-bond donors (Lipinski definition) is 3. The van der Waals surface area contributed by atoms with Gasteiger partial charge in [-0.1, -0.05) is 13.8 Å². The molecule has 5 atom stereocenters. The first-order valence-electron chi connectivity index (χ1n) is 9.61. The van der Waals surface area contributed by atoms with Crippen molar-refractivity contribution < 1.29 is 23.6 Å². The highest BCUT2D eigenvalue weighted by Gasteiger charge is 2.49. The van der Waals surface area contributed by atoms with Crippen LogP contribution >= 0.6 is 6.49 Å². The van der Waals surface area contributed by atoms with E-state index in [4.69, 9.17) is 42.0 Å². The molecular weight excluding hydrogens is 431 g/mol. The topological polar surface area (TPSA) is 153 Å². The number of hydrogen-bond acceptors (Lipinski definition) is 10. The normalized spacial score (nSPS) is 26.7. The van der Waals surface area contributed by atoms with Crippen LogP contribution in [0.15, 0.2) is 6.33 Å². The van der Waals surface area contributed by atoms with Crippen molar-refractivity contribution in [2.45, 2.75) is 64.0 Å². The summed E-state index contributed by atoms with van der Waals surface area (Å²) in [6.07, 6.45) is -0.976. The van der Waals surface area contributed by atoms with Crippen molar-refractivity contribution in [3.8, 4) is 0 Å². The maximum atomic E-state index is 10.7. The van der Waals surface area contributed by atoms with Gasteiger partial charge in [-0.25, -0.2) is 4.98 Å². The Bertz CT molecular complexity index is 941. The van der Waals surface area contributed by atoms with Crippen LogP contribution < -0.4 is 11.5 Å². The molecule has 13 heteroatoms. The number of nitrogens with zero attached hydrogens (tertiary/aromatic N) is 4. The van der Waals surface area contributed by atoms with Gasteiger partial charge in [-0.15, -0.1) is 0 Å². The standard InChI is InChI=1S/C17H29N6O5PS/c1-8(2)26-6-10-12(28-29(24,30)9(3)4)13(25-5)16(27-10)23-7-20-11-14(18)21-17(19)22-15(11)23/h7-10,12-13,16H,6H2,1-5H3,(H,24,30)(H4,18,19,21,22)/t10-,12+,13?,16-,29?/m1/s1. The van der Waals surface area contributed by atoms with Crippen LogP contribution in [0.5, 0.6) is 0 Å². The van der Waals surface area contributed by atoms with Crippen LogP contribution in [-0.2, 0) is 30.5 Å². The van der Waals surface area contributed by atoms with Gasteiger partial charge < -0.3 is 35.1 Å². The molecule has 3 rings (SSSR count). The highest BCUT2D eigenvalue weighted by Crippen LogP contribution is 2.52. The molecule has 1 saturated heterocycles. The van der Waals surface area contributed by atoms with Gasteiger partial charge in [-0.3, -0.25) is 4.57 Å². The third kappa shape index (κ3) is 4.59. The van der Waals surface area contributed by atoms with Crippen molar-refractivity contribution in [1.82, 2.24) is 19.5 Å². The average molecular weight is 460 g/mol. The summed E-state index contributed by atoms with van der Waals surface area (Å²) in [6, 6.07) is 0. The Morgan fingerprint density at radius 2 is 1.97 bits per heavy atom. The quantitative estimate of drug-likeness (QED) is 0.490. The number of rotatable bonds is 8. The Labute approximate surface area is 180 Å². The summed E-state index contributed by atoms with van der Waals surface area (Å²) in [6.45, 7) is 4.63. The zero-order valence-corrected chi connectivity index (χ0v) is 19.3. The van der Waals surface area contributed by atoms with Crippen molar-refractivity contribution >= 4 is 41.2 Å². The summed E-state index contributed by atoms with van der Waals surface area (Å²) in [5.74, 6) is 0.188. The largest absolute Gasteiger partial charge is 0.382 e. The van der Waals surface area contributed by atoms with Gasteiger partial charge in [0.15, 0.2) is 24.2 Å². The Morgan fingerprint density at radius 3 is 2.57 bits per heavy atom. The molecular formula is C17H29N6O5PS. The molecule has 0 aromatic carbocycles. The maximum Gasteiger partial charge on any atom is 0.224 e. The van der Waals surface area contributed by atoms with Gasteiger partial charge in [0, 0.05) is 12.8 Å². The van der Waals surface area contributed by atoms with E-state index < -0.39 is 31.0 Å². The molecule has 1 fully saturated rings. The second kappa shape index (κ2) is 8.99. The number of ether oxygens (including phenoxy) is 3. The lowest BCUT2D eigenvalue weighted by atomic mass is 10.1. The average Bonchev–Trinajstić information content (AvgIpc) is 3.20. The van der Waals surface area contributed by atoms with Crippen molar-refractivity contribution in [3.63, 3.8) is 0 Å². The van der Waals surface area contributed by atoms with Gasteiger partial charge in [0.1, 0.15) is 23.8 Å². The number of nitrogens with two attached hydrogens (primary N) is 2. The lowest BCUT2D eigenvalue weighted by Crippen LogP contribution is -2.38. The van der Waals surface area contributed by atoms with Crippen LogP contribution in [0.4, 0.5) is 11.8 Å². The Balaban J connectivity index is 2.00. The van der Waals surface area contributed by atoms with Gasteiger partial charge in [-0.2, -0.15) is 9.97 Å². The molecule has 5 N–H and O–H groups in total. The third-order valence-electron chi connectivity index (χ3n) is 4.82. The SMILES string of the molecule is COC1[C@@H](OP(O)(=S)C(C)C)[C@@H](COC(C)C)O[C@H]1n1cnc2c(N)nc(N)nc21. The van der Waals surface area contributed by atoms with Crippen molar-refractivity contribution in [3.05, 3.63) is 6.33 Å². The summed E-state index contributed by atoms with van der Waals surface area (Å²) < 4.78 is 25.4. The molecule has 0 amide bonds. The molecule has 0 spiro atoms. The minimum Gasteiger partial charge on any atom is -0.382 e. The summed E-state index contributed by atoms with van der Waals surface area (Å²) in [4.78, 5) is 23.2. The second-order valence-electron chi connectivity index (χ2n) is 7.67. The lowest BCUT2D eigenvalue weighted by Gasteiger charge is -2.29. The van der Waals surface area contributed by atoms with E-state index in [9.17, 15) is 4.89 Å².